The lowest BCUT2D eigenvalue weighted by Gasteiger charge is -2.33. The van der Waals surface area contributed by atoms with Crippen LogP contribution in [-0.4, -0.2) is 61.4 Å². The lowest BCUT2D eigenvalue weighted by atomic mass is 9.90. The third kappa shape index (κ3) is 8.57. The summed E-state index contributed by atoms with van der Waals surface area (Å²) in [6.45, 7) is 4.76. The number of piperidine rings is 1. The average molecular weight is 576 g/mol. The number of carbonyl (C=O) groups excluding carboxylic acids is 2. The van der Waals surface area contributed by atoms with E-state index in [-0.39, 0.29) is 36.6 Å². The molecule has 6 nitrogen and oxygen atoms in total. The lowest BCUT2D eigenvalue weighted by Crippen LogP contribution is -2.40. The standard InChI is InChI=1S/C34H41N3O3.ClH/c1-35-25-30(23-33(35)38)34(39)37(31-14-8-15-32(24-31)40-26-29-12-6-3-7-13-29)19-9-18-36-20-16-28(17-21-36)22-27-10-4-2-5-11-27;/h2-8,10-15,24,28,30H,9,16-23,25-26H2,1H3;1H. The van der Waals surface area contributed by atoms with E-state index in [2.05, 4.69) is 35.2 Å². The molecule has 0 N–H and O–H groups in total. The summed E-state index contributed by atoms with van der Waals surface area (Å²) < 4.78 is 6.07. The molecule has 2 heterocycles. The van der Waals surface area contributed by atoms with Crippen LogP contribution in [0.1, 0.15) is 36.8 Å². The molecule has 3 aromatic carbocycles. The first-order valence-corrected chi connectivity index (χ1v) is 14.6. The molecule has 41 heavy (non-hydrogen) atoms. The van der Waals surface area contributed by atoms with E-state index in [4.69, 9.17) is 4.74 Å². The second-order valence-corrected chi connectivity index (χ2v) is 11.3. The highest BCUT2D eigenvalue weighted by Crippen LogP contribution is 2.27. The molecule has 0 spiro atoms. The van der Waals surface area contributed by atoms with Crippen LogP contribution < -0.4 is 9.64 Å². The Hall–Kier alpha value is -3.35. The van der Waals surface area contributed by atoms with E-state index in [1.807, 2.05) is 59.5 Å². The summed E-state index contributed by atoms with van der Waals surface area (Å²) >= 11 is 0. The first kappa shape index (κ1) is 30.6. The second kappa shape index (κ2) is 15.0. The number of hydrogen-bond acceptors (Lipinski definition) is 4. The molecule has 0 aliphatic carbocycles. The van der Waals surface area contributed by atoms with Crippen molar-refractivity contribution in [2.45, 2.75) is 38.7 Å². The van der Waals surface area contributed by atoms with Gasteiger partial charge in [-0.2, -0.15) is 0 Å². The SMILES string of the molecule is CN1CC(C(=O)N(CCCN2CCC(Cc3ccccc3)CC2)c2cccc(OCc3ccccc3)c2)CC1=O.Cl. The van der Waals surface area contributed by atoms with Gasteiger partial charge in [0.2, 0.25) is 11.8 Å². The van der Waals surface area contributed by atoms with Crippen LogP contribution in [0.5, 0.6) is 5.75 Å². The van der Waals surface area contributed by atoms with Crippen LogP contribution in [0.3, 0.4) is 0 Å². The molecule has 2 aliphatic rings. The molecule has 0 radical (unpaired) electrons. The van der Waals surface area contributed by atoms with Gasteiger partial charge in [-0.25, -0.2) is 0 Å². The topological polar surface area (TPSA) is 53.1 Å². The number of halogens is 1. The van der Waals surface area contributed by atoms with Crippen LogP contribution in [0.25, 0.3) is 0 Å². The summed E-state index contributed by atoms with van der Waals surface area (Å²) in [6, 6.07) is 28.7. The third-order valence-corrected chi connectivity index (χ3v) is 8.26. The van der Waals surface area contributed by atoms with E-state index in [1.165, 1.54) is 18.4 Å². The van der Waals surface area contributed by atoms with Gasteiger partial charge in [-0.3, -0.25) is 9.59 Å². The summed E-state index contributed by atoms with van der Waals surface area (Å²) in [7, 11) is 1.78. The normalized spacial score (nSPS) is 17.7. The van der Waals surface area contributed by atoms with Crippen LogP contribution >= 0.6 is 12.4 Å². The molecule has 3 aromatic rings. The largest absolute Gasteiger partial charge is 0.489 e. The van der Waals surface area contributed by atoms with Gasteiger partial charge < -0.3 is 19.4 Å². The Balaban J connectivity index is 0.00000387. The molecule has 2 saturated heterocycles. The first-order valence-electron chi connectivity index (χ1n) is 14.6. The number of rotatable bonds is 11. The van der Waals surface area contributed by atoms with Crippen molar-refractivity contribution in [2.75, 3.05) is 44.7 Å². The molecule has 1 unspecified atom stereocenters. The van der Waals surface area contributed by atoms with Gasteiger partial charge in [0.05, 0.1) is 5.92 Å². The maximum Gasteiger partial charge on any atom is 0.232 e. The molecule has 218 valence electrons. The fourth-order valence-corrected chi connectivity index (χ4v) is 5.91. The minimum Gasteiger partial charge on any atom is -0.489 e. The fourth-order valence-electron chi connectivity index (χ4n) is 5.91. The quantitative estimate of drug-likeness (QED) is 0.288. The zero-order valence-corrected chi connectivity index (χ0v) is 24.8. The van der Waals surface area contributed by atoms with Crippen molar-refractivity contribution in [2.24, 2.45) is 11.8 Å². The van der Waals surface area contributed by atoms with Crippen molar-refractivity contribution in [1.82, 2.24) is 9.80 Å². The molecule has 1 atom stereocenters. The van der Waals surface area contributed by atoms with E-state index in [0.29, 0.717) is 19.7 Å². The third-order valence-electron chi connectivity index (χ3n) is 8.26. The second-order valence-electron chi connectivity index (χ2n) is 11.3. The monoisotopic (exact) mass is 575 g/mol. The van der Waals surface area contributed by atoms with Crippen LogP contribution in [0, 0.1) is 11.8 Å². The molecule has 0 bridgehead atoms. The van der Waals surface area contributed by atoms with Crippen LogP contribution in [0.4, 0.5) is 5.69 Å². The van der Waals surface area contributed by atoms with Gasteiger partial charge in [-0.05, 0) is 74.5 Å². The van der Waals surface area contributed by atoms with Crippen molar-refractivity contribution in [3.63, 3.8) is 0 Å². The highest BCUT2D eigenvalue weighted by atomic mass is 35.5. The predicted molar refractivity (Wildman–Crippen MR) is 166 cm³/mol. The van der Waals surface area contributed by atoms with Gasteiger partial charge in [0.25, 0.3) is 0 Å². The van der Waals surface area contributed by atoms with Crippen LogP contribution in [0.2, 0.25) is 0 Å². The number of hydrogen-bond donors (Lipinski definition) is 0. The number of anilines is 1. The zero-order chi connectivity index (χ0) is 27.7. The summed E-state index contributed by atoms with van der Waals surface area (Å²) in [5.41, 5.74) is 3.36. The summed E-state index contributed by atoms with van der Waals surface area (Å²) in [6.07, 6.45) is 4.77. The minimum atomic E-state index is -0.305. The minimum absolute atomic E-state index is 0. The Morgan fingerprint density at radius 2 is 1.61 bits per heavy atom. The van der Waals surface area contributed by atoms with Gasteiger partial charge in [-0.15, -0.1) is 12.4 Å². The summed E-state index contributed by atoms with van der Waals surface area (Å²) in [5, 5.41) is 0. The molecular formula is C34H42ClN3O3. The highest BCUT2D eigenvalue weighted by Gasteiger charge is 2.35. The highest BCUT2D eigenvalue weighted by molar-refractivity contribution is 5.99. The number of likely N-dealkylation sites (tertiary alicyclic amines) is 2. The van der Waals surface area contributed by atoms with Gasteiger partial charge in [0.1, 0.15) is 12.4 Å². The number of ether oxygens (including phenoxy) is 1. The van der Waals surface area contributed by atoms with E-state index in [0.717, 1.165) is 55.4 Å². The van der Waals surface area contributed by atoms with Crippen LogP contribution in [-0.2, 0) is 22.6 Å². The predicted octanol–water partition coefficient (Wildman–Crippen LogP) is 5.84. The van der Waals surface area contributed by atoms with Gasteiger partial charge in [-0.1, -0.05) is 66.7 Å². The van der Waals surface area contributed by atoms with E-state index >= 15 is 0 Å². The summed E-state index contributed by atoms with van der Waals surface area (Å²) in [4.78, 5) is 32.0. The van der Waals surface area contributed by atoms with E-state index < -0.39 is 0 Å². The van der Waals surface area contributed by atoms with E-state index in [1.54, 1.807) is 11.9 Å². The number of nitrogens with zero attached hydrogens (tertiary/aromatic N) is 3. The van der Waals surface area contributed by atoms with E-state index in [9.17, 15) is 9.59 Å². The number of amides is 2. The molecule has 2 amide bonds. The van der Waals surface area contributed by atoms with Gasteiger partial charge in [0, 0.05) is 38.3 Å². The Labute approximate surface area is 250 Å². The molecule has 5 rings (SSSR count). The molecule has 7 heteroatoms. The average Bonchev–Trinajstić information content (AvgIpc) is 3.33. The van der Waals surface area contributed by atoms with Gasteiger partial charge >= 0.3 is 0 Å². The Morgan fingerprint density at radius 1 is 0.927 bits per heavy atom. The fraction of sp³-hybridized carbons (Fsp3) is 0.412. The lowest BCUT2D eigenvalue weighted by molar-refractivity contribution is -0.127. The van der Waals surface area contributed by atoms with Crippen molar-refractivity contribution < 1.29 is 14.3 Å². The number of benzene rings is 3. The van der Waals surface area contributed by atoms with Crippen molar-refractivity contribution in [3.05, 3.63) is 96.1 Å². The molecule has 2 aliphatic heterocycles. The Morgan fingerprint density at radius 3 is 2.27 bits per heavy atom. The van der Waals surface area contributed by atoms with Crippen LogP contribution in [0.15, 0.2) is 84.9 Å². The maximum absolute atomic E-state index is 13.7. The zero-order valence-electron chi connectivity index (χ0n) is 24.0. The van der Waals surface area contributed by atoms with Gasteiger partial charge in [0.15, 0.2) is 0 Å². The van der Waals surface area contributed by atoms with Crippen molar-refractivity contribution in [3.8, 4) is 5.75 Å². The molecule has 0 saturated carbocycles. The molecular weight excluding hydrogens is 534 g/mol. The molecule has 0 aromatic heterocycles. The maximum atomic E-state index is 13.7. The molecule has 2 fully saturated rings. The summed E-state index contributed by atoms with van der Waals surface area (Å²) in [5.74, 6) is 1.24. The Kier molecular flexibility index (Phi) is 11.2. The Bertz CT molecular complexity index is 1250. The smallest absolute Gasteiger partial charge is 0.232 e. The van der Waals surface area contributed by atoms with Crippen molar-refractivity contribution in [1.29, 1.82) is 0 Å². The van der Waals surface area contributed by atoms with Crippen molar-refractivity contribution >= 4 is 29.9 Å². The first-order chi connectivity index (χ1) is 19.5. The number of carbonyl (C=O) groups is 2.